The fraction of sp³-hybridized carbons (Fsp3) is 0.235. The van der Waals surface area contributed by atoms with Gasteiger partial charge in [0.05, 0.1) is 18.2 Å². The topological polar surface area (TPSA) is 111 Å². The van der Waals surface area contributed by atoms with Crippen LogP contribution >= 0.6 is 23.1 Å². The molecule has 11 heteroatoms. The molecule has 1 N–H and O–H groups in total. The van der Waals surface area contributed by atoms with Crippen LogP contribution in [0.3, 0.4) is 0 Å². The summed E-state index contributed by atoms with van der Waals surface area (Å²) in [5, 5.41) is 20.6. The number of carbonyl (C=O) groups excluding carboxylic acids is 2. The Bertz CT molecular complexity index is 1790. The summed E-state index contributed by atoms with van der Waals surface area (Å²) in [6.07, 6.45) is 2.31. The molecule has 3 heterocycles. The maximum atomic E-state index is 13.8. The maximum absolute atomic E-state index is 13.8. The molecule has 2 aliphatic rings. The average molecular weight is 642 g/mol. The van der Waals surface area contributed by atoms with Crippen LogP contribution in [0.2, 0.25) is 0 Å². The molecule has 0 spiro atoms. The number of benzene rings is 3. The molecule has 230 valence electrons. The molecule has 2 atom stereocenters. The number of hydrogen-bond acceptors (Lipinski definition) is 10. The first-order valence-corrected chi connectivity index (χ1v) is 16.3. The molecule has 0 radical (unpaired) electrons. The van der Waals surface area contributed by atoms with Gasteiger partial charge in [0.2, 0.25) is 5.13 Å². The van der Waals surface area contributed by atoms with E-state index in [1.807, 2.05) is 44.2 Å². The Hall–Kier alpha value is -4.61. The second kappa shape index (κ2) is 13.2. The first-order valence-electron chi connectivity index (χ1n) is 14.5. The highest BCUT2D eigenvalue weighted by Crippen LogP contribution is 2.46. The van der Waals surface area contributed by atoms with Crippen LogP contribution in [0.25, 0.3) is 5.76 Å². The largest absolute Gasteiger partial charge is 0.507 e. The first-order chi connectivity index (χ1) is 21.9. The Kier molecular flexibility index (Phi) is 8.90. The van der Waals surface area contributed by atoms with E-state index >= 15 is 0 Å². The van der Waals surface area contributed by atoms with Crippen molar-refractivity contribution in [1.29, 1.82) is 0 Å². The van der Waals surface area contributed by atoms with Gasteiger partial charge in [-0.25, -0.2) is 0 Å². The number of aliphatic hydroxyl groups is 1. The molecule has 4 aromatic rings. The minimum Gasteiger partial charge on any atom is -0.507 e. The number of thioether (sulfide) groups is 1. The van der Waals surface area contributed by atoms with Crippen molar-refractivity contribution in [2.24, 2.45) is 0 Å². The van der Waals surface area contributed by atoms with Gasteiger partial charge in [0.1, 0.15) is 24.2 Å². The molecule has 6 rings (SSSR count). The Morgan fingerprint density at radius 2 is 1.93 bits per heavy atom. The predicted octanol–water partition coefficient (Wildman–Crippen LogP) is 6.74. The fourth-order valence-electron chi connectivity index (χ4n) is 5.38. The fourth-order valence-corrected chi connectivity index (χ4v) is 7.20. The van der Waals surface area contributed by atoms with Crippen LogP contribution < -0.4 is 19.1 Å². The molecule has 1 saturated heterocycles. The average Bonchev–Trinajstić information content (AvgIpc) is 3.74. The summed E-state index contributed by atoms with van der Waals surface area (Å²) in [5.74, 6) is 0.422. The van der Waals surface area contributed by atoms with Gasteiger partial charge in [-0.2, -0.15) is 0 Å². The third-order valence-corrected chi connectivity index (χ3v) is 9.49. The van der Waals surface area contributed by atoms with Gasteiger partial charge >= 0.3 is 5.91 Å². The second-order valence-electron chi connectivity index (χ2n) is 10.5. The molecule has 2 aliphatic heterocycles. The lowest BCUT2D eigenvalue weighted by molar-refractivity contribution is -0.132. The SMILES string of the molecule is C=CCOc1ccc([C@@H]2/C(=C(\O)c3ccc4c(c3)C[C@@H](C)O4)C(=O)C(=O)N2c2nnc(SCc3ccccc3)s2)cc1OCC. The van der Waals surface area contributed by atoms with Crippen molar-refractivity contribution in [2.45, 2.75) is 42.5 Å². The standard InChI is InChI=1S/C34H31N3O6S2/c1-4-15-42-26-14-11-22(18-27(26)41-5-2)29-28(30(38)23-12-13-25-24(17-23)16-20(3)43-25)31(39)32(40)37(29)33-35-36-34(45-33)44-19-21-9-7-6-8-10-21/h4,6-14,17-18,20,29,38H,1,5,15-16,19H2,2-3H3/b30-28+/t20-,29-/m1/s1. The summed E-state index contributed by atoms with van der Waals surface area (Å²) in [6, 6.07) is 19.4. The second-order valence-corrected chi connectivity index (χ2v) is 12.7. The van der Waals surface area contributed by atoms with Crippen LogP contribution in [-0.2, 0) is 21.8 Å². The summed E-state index contributed by atoms with van der Waals surface area (Å²) in [6.45, 7) is 8.16. The number of Topliss-reactive ketones (excluding diaryl/α,β-unsaturated/α-hetero) is 1. The van der Waals surface area contributed by atoms with Crippen LogP contribution in [-0.4, -0.2) is 46.3 Å². The van der Waals surface area contributed by atoms with Crippen LogP contribution in [0.15, 0.2) is 89.3 Å². The van der Waals surface area contributed by atoms with E-state index in [0.29, 0.717) is 45.7 Å². The van der Waals surface area contributed by atoms with E-state index in [1.54, 1.807) is 42.5 Å². The van der Waals surface area contributed by atoms with Crippen molar-refractivity contribution in [1.82, 2.24) is 10.2 Å². The number of anilines is 1. The predicted molar refractivity (Wildman–Crippen MR) is 174 cm³/mol. The number of amides is 1. The number of aliphatic hydroxyl groups excluding tert-OH is 1. The van der Waals surface area contributed by atoms with Gasteiger partial charge in [0.25, 0.3) is 5.78 Å². The van der Waals surface area contributed by atoms with E-state index < -0.39 is 17.7 Å². The van der Waals surface area contributed by atoms with Gasteiger partial charge < -0.3 is 19.3 Å². The molecule has 0 unspecified atom stereocenters. The van der Waals surface area contributed by atoms with Gasteiger partial charge in [-0.3, -0.25) is 14.5 Å². The zero-order valence-electron chi connectivity index (χ0n) is 24.8. The highest BCUT2D eigenvalue weighted by atomic mass is 32.2. The van der Waals surface area contributed by atoms with Gasteiger partial charge in [0, 0.05) is 17.7 Å². The quantitative estimate of drug-likeness (QED) is 0.0475. The monoisotopic (exact) mass is 641 g/mol. The zero-order chi connectivity index (χ0) is 31.5. The number of aromatic nitrogens is 2. The Labute approximate surface area is 269 Å². The Morgan fingerprint density at radius 3 is 2.71 bits per heavy atom. The normalized spacial score (nSPS) is 18.5. The van der Waals surface area contributed by atoms with E-state index in [1.165, 1.54) is 28.0 Å². The number of fused-ring (bicyclic) bond motifs is 1. The first kappa shape index (κ1) is 30.4. The highest BCUT2D eigenvalue weighted by molar-refractivity contribution is 8.00. The molecular formula is C34H31N3O6S2. The lowest BCUT2D eigenvalue weighted by atomic mass is 9.94. The highest BCUT2D eigenvalue weighted by Gasteiger charge is 2.48. The van der Waals surface area contributed by atoms with E-state index in [9.17, 15) is 14.7 Å². The lowest BCUT2D eigenvalue weighted by Gasteiger charge is -2.23. The number of nitrogens with zero attached hydrogens (tertiary/aromatic N) is 3. The third kappa shape index (κ3) is 6.18. The van der Waals surface area contributed by atoms with Gasteiger partial charge in [0.15, 0.2) is 15.8 Å². The number of carbonyl (C=O) groups is 2. The third-order valence-electron chi connectivity index (χ3n) is 7.36. The smallest absolute Gasteiger partial charge is 0.301 e. The van der Waals surface area contributed by atoms with Crippen LogP contribution in [0, 0.1) is 0 Å². The molecule has 0 bridgehead atoms. The Morgan fingerprint density at radius 1 is 1.11 bits per heavy atom. The molecule has 1 fully saturated rings. The van der Waals surface area contributed by atoms with Crippen LogP contribution in [0.5, 0.6) is 17.2 Å². The van der Waals surface area contributed by atoms with Crippen molar-refractivity contribution in [2.75, 3.05) is 18.1 Å². The number of rotatable bonds is 11. The van der Waals surface area contributed by atoms with E-state index in [4.69, 9.17) is 14.2 Å². The summed E-state index contributed by atoms with van der Waals surface area (Å²) in [4.78, 5) is 28.8. The van der Waals surface area contributed by atoms with Crippen molar-refractivity contribution in [3.8, 4) is 17.2 Å². The molecule has 45 heavy (non-hydrogen) atoms. The summed E-state index contributed by atoms with van der Waals surface area (Å²) >= 11 is 2.70. The molecule has 3 aromatic carbocycles. The molecule has 0 saturated carbocycles. The molecule has 1 amide bonds. The minimum atomic E-state index is -0.999. The molecule has 0 aliphatic carbocycles. The van der Waals surface area contributed by atoms with Crippen LogP contribution in [0.4, 0.5) is 5.13 Å². The number of ether oxygens (including phenoxy) is 3. The molecule has 1 aromatic heterocycles. The number of ketones is 1. The zero-order valence-corrected chi connectivity index (χ0v) is 26.4. The number of hydrogen-bond donors (Lipinski definition) is 1. The van der Waals surface area contributed by atoms with E-state index in [0.717, 1.165) is 16.9 Å². The van der Waals surface area contributed by atoms with Crippen molar-refractivity contribution in [3.05, 3.63) is 107 Å². The maximum Gasteiger partial charge on any atom is 0.301 e. The summed E-state index contributed by atoms with van der Waals surface area (Å²) in [7, 11) is 0. The van der Waals surface area contributed by atoms with Gasteiger partial charge in [-0.05, 0) is 60.9 Å². The molecule has 9 nitrogen and oxygen atoms in total. The van der Waals surface area contributed by atoms with E-state index in [2.05, 4.69) is 16.8 Å². The van der Waals surface area contributed by atoms with Crippen LogP contribution in [0.1, 0.15) is 42.1 Å². The minimum absolute atomic E-state index is 0.00754. The van der Waals surface area contributed by atoms with Crippen molar-refractivity contribution in [3.63, 3.8) is 0 Å². The summed E-state index contributed by atoms with van der Waals surface area (Å²) < 4.78 is 18.1. The van der Waals surface area contributed by atoms with Gasteiger partial charge in [-0.15, -0.1) is 10.2 Å². The van der Waals surface area contributed by atoms with E-state index in [-0.39, 0.29) is 29.2 Å². The summed E-state index contributed by atoms with van der Waals surface area (Å²) in [5.41, 5.74) is 2.95. The van der Waals surface area contributed by atoms with Gasteiger partial charge in [-0.1, -0.05) is 72.2 Å². The van der Waals surface area contributed by atoms with Crippen molar-refractivity contribution >= 4 is 45.7 Å². The Balaban J connectivity index is 1.43. The molecular weight excluding hydrogens is 611 g/mol. The lowest BCUT2D eigenvalue weighted by Crippen LogP contribution is -2.29. The van der Waals surface area contributed by atoms with Crippen molar-refractivity contribution < 1.29 is 28.9 Å².